The summed E-state index contributed by atoms with van der Waals surface area (Å²) < 4.78 is 17.6. The third-order valence-corrected chi connectivity index (χ3v) is 8.19. The van der Waals surface area contributed by atoms with Crippen LogP contribution in [-0.4, -0.2) is 66.5 Å². The van der Waals surface area contributed by atoms with Gasteiger partial charge in [0, 0.05) is 12.1 Å². The van der Waals surface area contributed by atoms with Crippen molar-refractivity contribution in [2.24, 2.45) is 0 Å². The maximum atomic E-state index is 13.6. The molecule has 0 radical (unpaired) electrons. The number of ketones is 1. The molecule has 3 aromatic carbocycles. The number of Topliss-reactive ketones (excluding diaryl/α,β-unsaturated/α-hetero) is 1. The summed E-state index contributed by atoms with van der Waals surface area (Å²) in [6.07, 6.45) is 3.79. The van der Waals surface area contributed by atoms with E-state index in [9.17, 15) is 14.7 Å². The molecule has 1 heterocycles. The van der Waals surface area contributed by atoms with Gasteiger partial charge < -0.3 is 29.1 Å². The van der Waals surface area contributed by atoms with Gasteiger partial charge in [0.1, 0.15) is 18.1 Å². The van der Waals surface area contributed by atoms with E-state index in [1.807, 2.05) is 42.5 Å². The Morgan fingerprint density at radius 3 is 2.27 bits per heavy atom. The van der Waals surface area contributed by atoms with Crippen LogP contribution in [0.15, 0.2) is 78.4 Å². The molecule has 1 N–H and O–H groups in total. The Kier molecular flexibility index (Phi) is 12.5. The second kappa shape index (κ2) is 16.7. The van der Waals surface area contributed by atoms with Gasteiger partial charge in [0.25, 0.3) is 11.7 Å². The summed E-state index contributed by atoms with van der Waals surface area (Å²) in [6, 6.07) is 21.4. The molecule has 8 nitrogen and oxygen atoms in total. The van der Waals surface area contributed by atoms with Crippen LogP contribution in [0.4, 0.5) is 0 Å². The Bertz CT molecular complexity index is 1430. The summed E-state index contributed by atoms with van der Waals surface area (Å²) >= 11 is 0. The van der Waals surface area contributed by atoms with Crippen LogP contribution in [0.5, 0.6) is 17.2 Å². The molecule has 1 fully saturated rings. The van der Waals surface area contributed by atoms with Crippen LogP contribution in [0.25, 0.3) is 5.76 Å². The second-order valence-corrected chi connectivity index (χ2v) is 11.1. The van der Waals surface area contributed by atoms with Crippen LogP contribution in [0, 0.1) is 0 Å². The van der Waals surface area contributed by atoms with Crippen molar-refractivity contribution in [1.29, 1.82) is 0 Å². The first-order valence-corrected chi connectivity index (χ1v) is 16.0. The highest BCUT2D eigenvalue weighted by atomic mass is 16.5. The van der Waals surface area contributed by atoms with Crippen molar-refractivity contribution >= 4 is 17.4 Å². The number of rotatable bonds is 17. The normalized spacial score (nSPS) is 15.9. The van der Waals surface area contributed by atoms with E-state index in [0.29, 0.717) is 54.6 Å². The molecular weight excluding hydrogens is 568 g/mol. The highest BCUT2D eigenvalue weighted by molar-refractivity contribution is 6.46. The van der Waals surface area contributed by atoms with Gasteiger partial charge >= 0.3 is 0 Å². The van der Waals surface area contributed by atoms with Gasteiger partial charge in [-0.2, -0.15) is 0 Å². The van der Waals surface area contributed by atoms with Gasteiger partial charge in [-0.05, 0) is 80.0 Å². The Morgan fingerprint density at radius 2 is 1.60 bits per heavy atom. The van der Waals surface area contributed by atoms with E-state index >= 15 is 0 Å². The van der Waals surface area contributed by atoms with E-state index in [-0.39, 0.29) is 11.3 Å². The average Bonchev–Trinajstić information content (AvgIpc) is 3.33. The molecular formula is C37H46N2O6. The fourth-order valence-corrected chi connectivity index (χ4v) is 5.57. The Balaban J connectivity index is 1.65. The van der Waals surface area contributed by atoms with E-state index < -0.39 is 17.7 Å². The predicted octanol–water partition coefficient (Wildman–Crippen LogP) is 7.00. The number of amides is 1. The molecule has 1 atom stereocenters. The molecule has 0 spiro atoms. The number of unbranched alkanes of at least 4 members (excludes halogenated alkanes) is 2. The van der Waals surface area contributed by atoms with Gasteiger partial charge in [0.15, 0.2) is 11.5 Å². The van der Waals surface area contributed by atoms with Crippen molar-refractivity contribution in [3.05, 3.63) is 95.1 Å². The first-order chi connectivity index (χ1) is 21.9. The molecule has 0 bridgehead atoms. The minimum absolute atomic E-state index is 0.0551. The monoisotopic (exact) mass is 614 g/mol. The predicted molar refractivity (Wildman–Crippen MR) is 177 cm³/mol. The number of aliphatic hydroxyl groups excluding tert-OH is 1. The second-order valence-electron chi connectivity index (χ2n) is 11.1. The number of aliphatic hydroxyl groups is 1. The van der Waals surface area contributed by atoms with E-state index in [1.165, 1.54) is 0 Å². The molecule has 1 aliphatic heterocycles. The molecule has 4 rings (SSSR count). The van der Waals surface area contributed by atoms with Crippen molar-refractivity contribution in [2.75, 3.05) is 39.9 Å². The minimum atomic E-state index is -0.779. The molecule has 45 heavy (non-hydrogen) atoms. The highest BCUT2D eigenvalue weighted by Crippen LogP contribution is 2.42. The molecule has 1 aliphatic rings. The summed E-state index contributed by atoms with van der Waals surface area (Å²) in [5, 5.41) is 11.6. The molecule has 8 heteroatoms. The lowest BCUT2D eigenvalue weighted by Gasteiger charge is -2.27. The van der Waals surface area contributed by atoms with E-state index in [2.05, 4.69) is 25.7 Å². The van der Waals surface area contributed by atoms with Crippen LogP contribution >= 0.6 is 0 Å². The topological polar surface area (TPSA) is 88.5 Å². The smallest absolute Gasteiger partial charge is 0.295 e. The average molecular weight is 615 g/mol. The van der Waals surface area contributed by atoms with Gasteiger partial charge in [0.05, 0.1) is 25.3 Å². The summed E-state index contributed by atoms with van der Waals surface area (Å²) in [7, 11) is 1.57. The van der Waals surface area contributed by atoms with E-state index in [4.69, 9.17) is 14.2 Å². The number of ether oxygens (including phenoxy) is 3. The van der Waals surface area contributed by atoms with Crippen LogP contribution in [0.2, 0.25) is 0 Å². The number of hydrogen-bond donors (Lipinski definition) is 1. The summed E-state index contributed by atoms with van der Waals surface area (Å²) in [5.74, 6) is 0.187. The van der Waals surface area contributed by atoms with Gasteiger partial charge in [-0.15, -0.1) is 0 Å². The fraction of sp³-hybridized carbons (Fsp3) is 0.405. The number of methoxy groups -OCH3 is 1. The molecule has 0 aromatic heterocycles. The molecule has 1 unspecified atom stereocenters. The van der Waals surface area contributed by atoms with Gasteiger partial charge in [0.2, 0.25) is 0 Å². The van der Waals surface area contributed by atoms with Crippen LogP contribution in [0.1, 0.15) is 69.2 Å². The fourth-order valence-electron chi connectivity index (χ4n) is 5.57. The number of carbonyl (C=O) groups excluding carboxylic acids is 2. The van der Waals surface area contributed by atoms with Gasteiger partial charge in [-0.3, -0.25) is 9.59 Å². The lowest BCUT2D eigenvalue weighted by atomic mass is 9.95. The molecule has 0 saturated carbocycles. The molecule has 240 valence electrons. The van der Waals surface area contributed by atoms with Crippen LogP contribution in [-0.2, 0) is 16.2 Å². The maximum Gasteiger partial charge on any atom is 0.295 e. The lowest BCUT2D eigenvalue weighted by Crippen LogP contribution is -2.33. The van der Waals surface area contributed by atoms with Crippen molar-refractivity contribution < 1.29 is 28.9 Å². The van der Waals surface area contributed by atoms with Gasteiger partial charge in [-0.1, -0.05) is 70.0 Å². The minimum Gasteiger partial charge on any atom is -0.507 e. The zero-order chi connectivity index (χ0) is 32.2. The summed E-state index contributed by atoms with van der Waals surface area (Å²) in [4.78, 5) is 30.9. The zero-order valence-electron chi connectivity index (χ0n) is 27.0. The van der Waals surface area contributed by atoms with Gasteiger partial charge in [-0.25, -0.2) is 0 Å². The Hall–Kier alpha value is -4.30. The molecule has 1 saturated heterocycles. The highest BCUT2D eigenvalue weighted by Gasteiger charge is 2.46. The largest absolute Gasteiger partial charge is 0.507 e. The standard InChI is InChI=1S/C37H46N2O6/c1-5-8-12-24-44-31-21-18-29(25-32(31)43-4)34-33(36(41)37(42)39(34)23-13-22-38(6-2)7-3)35(40)28-16-19-30(20-17-28)45-26-27-14-10-9-11-15-27/h9-11,14-21,25,34,40H,5-8,12-13,22-24,26H2,1-4H3. The van der Waals surface area contributed by atoms with E-state index in [1.54, 1.807) is 42.3 Å². The Morgan fingerprint density at radius 1 is 0.867 bits per heavy atom. The van der Waals surface area contributed by atoms with Crippen molar-refractivity contribution in [2.45, 2.75) is 59.1 Å². The van der Waals surface area contributed by atoms with E-state index in [0.717, 1.165) is 44.5 Å². The van der Waals surface area contributed by atoms with Crippen molar-refractivity contribution in [3.63, 3.8) is 0 Å². The molecule has 0 aliphatic carbocycles. The number of likely N-dealkylation sites (tertiary alicyclic amines) is 1. The molecule has 3 aromatic rings. The number of carbonyl (C=O) groups is 2. The quantitative estimate of drug-likeness (QED) is 0.0758. The number of nitrogens with zero attached hydrogens (tertiary/aromatic N) is 2. The van der Waals surface area contributed by atoms with Crippen LogP contribution < -0.4 is 14.2 Å². The Labute approximate surface area is 267 Å². The number of hydrogen-bond acceptors (Lipinski definition) is 7. The van der Waals surface area contributed by atoms with Crippen LogP contribution in [0.3, 0.4) is 0 Å². The third-order valence-electron chi connectivity index (χ3n) is 8.19. The summed E-state index contributed by atoms with van der Waals surface area (Å²) in [6.45, 7) is 10.3. The molecule has 1 amide bonds. The first kappa shape index (κ1) is 33.6. The zero-order valence-corrected chi connectivity index (χ0v) is 27.0. The maximum absolute atomic E-state index is 13.6. The number of benzene rings is 3. The third kappa shape index (κ3) is 8.45. The van der Waals surface area contributed by atoms with Crippen molar-refractivity contribution in [3.8, 4) is 17.2 Å². The SMILES string of the molecule is CCCCCOc1ccc(C2C(=C(O)c3ccc(OCc4ccccc4)cc3)C(=O)C(=O)N2CCCN(CC)CC)cc1OC. The van der Waals surface area contributed by atoms with Crippen molar-refractivity contribution in [1.82, 2.24) is 9.80 Å². The first-order valence-electron chi connectivity index (χ1n) is 16.0. The summed E-state index contributed by atoms with van der Waals surface area (Å²) in [5.41, 5.74) is 2.19. The lowest BCUT2D eigenvalue weighted by molar-refractivity contribution is -0.140.